The van der Waals surface area contributed by atoms with Crippen LogP contribution in [0.4, 0.5) is 4.39 Å². The molecule has 0 spiro atoms. The largest absolute Gasteiger partial charge is 0.456 e. The molecule has 0 aliphatic carbocycles. The SMILES string of the molecule is CC(C)(C)OC(=O)c1cc(F)ncc1Br. The first-order valence-electron chi connectivity index (χ1n) is 4.34. The summed E-state index contributed by atoms with van der Waals surface area (Å²) in [6.45, 7) is 5.24. The Bertz CT molecular complexity index is 387. The molecule has 82 valence electrons. The van der Waals surface area contributed by atoms with Crippen molar-refractivity contribution in [3.05, 3.63) is 28.2 Å². The van der Waals surface area contributed by atoms with E-state index in [4.69, 9.17) is 4.74 Å². The molecule has 1 rings (SSSR count). The van der Waals surface area contributed by atoms with E-state index in [9.17, 15) is 9.18 Å². The van der Waals surface area contributed by atoms with Gasteiger partial charge < -0.3 is 4.74 Å². The molecule has 0 radical (unpaired) electrons. The number of ether oxygens (including phenoxy) is 1. The molecule has 0 saturated heterocycles. The molecule has 5 heteroatoms. The Balaban J connectivity index is 2.96. The molecule has 1 aromatic heterocycles. The first-order chi connectivity index (χ1) is 6.79. The van der Waals surface area contributed by atoms with Gasteiger partial charge in [-0.25, -0.2) is 9.78 Å². The number of aromatic nitrogens is 1. The van der Waals surface area contributed by atoms with Gasteiger partial charge in [-0.05, 0) is 36.7 Å². The molecular weight excluding hydrogens is 265 g/mol. The number of carbonyl (C=O) groups excluding carboxylic acids is 1. The normalized spacial score (nSPS) is 11.3. The molecule has 3 nitrogen and oxygen atoms in total. The zero-order chi connectivity index (χ0) is 11.6. The Labute approximate surface area is 95.8 Å². The van der Waals surface area contributed by atoms with Gasteiger partial charge in [-0.1, -0.05) is 0 Å². The smallest absolute Gasteiger partial charge is 0.340 e. The van der Waals surface area contributed by atoms with Crippen molar-refractivity contribution in [1.82, 2.24) is 4.98 Å². The molecule has 0 aliphatic heterocycles. The summed E-state index contributed by atoms with van der Waals surface area (Å²) in [6.07, 6.45) is 1.23. The first-order valence-corrected chi connectivity index (χ1v) is 5.13. The molecular formula is C10H11BrFNO2. The maximum Gasteiger partial charge on any atom is 0.340 e. The minimum absolute atomic E-state index is 0.137. The van der Waals surface area contributed by atoms with Crippen LogP contribution in [0, 0.1) is 5.95 Å². The minimum atomic E-state index is -0.709. The van der Waals surface area contributed by atoms with Crippen molar-refractivity contribution < 1.29 is 13.9 Å². The monoisotopic (exact) mass is 275 g/mol. The standard InChI is InChI=1S/C10H11BrFNO2/c1-10(2,3)15-9(14)6-4-8(12)13-5-7(6)11/h4-5H,1-3H3. The van der Waals surface area contributed by atoms with Gasteiger partial charge in [0, 0.05) is 12.3 Å². The van der Waals surface area contributed by atoms with E-state index in [2.05, 4.69) is 20.9 Å². The maximum absolute atomic E-state index is 12.8. The van der Waals surface area contributed by atoms with E-state index in [0.717, 1.165) is 6.07 Å². The molecule has 0 aliphatic rings. The lowest BCUT2D eigenvalue weighted by Gasteiger charge is -2.19. The van der Waals surface area contributed by atoms with E-state index in [1.807, 2.05) is 0 Å². The second kappa shape index (κ2) is 4.26. The fraction of sp³-hybridized carbons (Fsp3) is 0.400. The highest BCUT2D eigenvalue weighted by Gasteiger charge is 2.20. The van der Waals surface area contributed by atoms with Gasteiger partial charge in [0.1, 0.15) is 5.60 Å². The zero-order valence-corrected chi connectivity index (χ0v) is 10.3. The van der Waals surface area contributed by atoms with Crippen LogP contribution in [0.15, 0.2) is 16.7 Å². The molecule has 1 aromatic rings. The van der Waals surface area contributed by atoms with Gasteiger partial charge in [0.2, 0.25) is 5.95 Å². The number of halogens is 2. The molecule has 1 heterocycles. The predicted octanol–water partition coefficient (Wildman–Crippen LogP) is 2.94. The quantitative estimate of drug-likeness (QED) is 0.584. The lowest BCUT2D eigenvalue weighted by atomic mass is 10.2. The summed E-state index contributed by atoms with van der Waals surface area (Å²) in [5, 5.41) is 0. The highest BCUT2D eigenvalue weighted by Crippen LogP contribution is 2.19. The van der Waals surface area contributed by atoms with Crippen LogP contribution in [-0.2, 0) is 4.74 Å². The number of nitrogens with zero attached hydrogens (tertiary/aromatic N) is 1. The molecule has 0 unspecified atom stereocenters. The van der Waals surface area contributed by atoms with E-state index in [1.54, 1.807) is 20.8 Å². The number of hydrogen-bond acceptors (Lipinski definition) is 3. The number of pyridine rings is 1. The summed E-state index contributed by atoms with van der Waals surface area (Å²) in [5.74, 6) is -1.28. The summed E-state index contributed by atoms with van der Waals surface area (Å²) in [6, 6.07) is 1.04. The van der Waals surface area contributed by atoms with Gasteiger partial charge in [-0.15, -0.1) is 0 Å². The lowest BCUT2D eigenvalue weighted by Crippen LogP contribution is -2.24. The zero-order valence-electron chi connectivity index (χ0n) is 8.67. The highest BCUT2D eigenvalue weighted by molar-refractivity contribution is 9.10. The van der Waals surface area contributed by atoms with Crippen LogP contribution < -0.4 is 0 Å². The van der Waals surface area contributed by atoms with Crippen LogP contribution >= 0.6 is 15.9 Å². The number of carbonyl (C=O) groups is 1. The predicted molar refractivity (Wildman–Crippen MR) is 57.1 cm³/mol. The van der Waals surface area contributed by atoms with Gasteiger partial charge in [-0.2, -0.15) is 4.39 Å². The van der Waals surface area contributed by atoms with E-state index in [0.29, 0.717) is 4.47 Å². The van der Waals surface area contributed by atoms with Crippen molar-refractivity contribution in [2.24, 2.45) is 0 Å². The summed E-state index contributed by atoms with van der Waals surface area (Å²) in [5.41, 5.74) is -0.464. The third kappa shape index (κ3) is 3.58. The van der Waals surface area contributed by atoms with E-state index < -0.39 is 17.5 Å². The van der Waals surface area contributed by atoms with Crippen LogP contribution in [0.2, 0.25) is 0 Å². The summed E-state index contributed by atoms with van der Waals surface area (Å²) < 4.78 is 18.3. The average molecular weight is 276 g/mol. The summed E-state index contributed by atoms with van der Waals surface area (Å²) in [4.78, 5) is 15.0. The molecule has 0 saturated carbocycles. The second-order valence-electron chi connectivity index (χ2n) is 3.99. The van der Waals surface area contributed by atoms with Crippen molar-refractivity contribution in [3.63, 3.8) is 0 Å². The Morgan fingerprint density at radius 1 is 1.53 bits per heavy atom. The van der Waals surface area contributed by atoms with E-state index in [-0.39, 0.29) is 5.56 Å². The van der Waals surface area contributed by atoms with Crippen molar-refractivity contribution in [2.75, 3.05) is 0 Å². The van der Waals surface area contributed by atoms with E-state index >= 15 is 0 Å². The van der Waals surface area contributed by atoms with Crippen LogP contribution in [0.1, 0.15) is 31.1 Å². The Morgan fingerprint density at radius 3 is 2.67 bits per heavy atom. The number of hydrogen-bond donors (Lipinski definition) is 0. The number of esters is 1. The summed E-state index contributed by atoms with van der Waals surface area (Å²) in [7, 11) is 0. The fourth-order valence-electron chi connectivity index (χ4n) is 0.903. The van der Waals surface area contributed by atoms with Gasteiger partial charge in [0.25, 0.3) is 0 Å². The molecule has 0 fully saturated rings. The lowest BCUT2D eigenvalue weighted by molar-refractivity contribution is 0.00677. The molecule has 0 amide bonds. The minimum Gasteiger partial charge on any atom is -0.456 e. The van der Waals surface area contributed by atoms with Crippen LogP contribution in [0.5, 0.6) is 0 Å². The fourth-order valence-corrected chi connectivity index (χ4v) is 1.28. The van der Waals surface area contributed by atoms with Crippen molar-refractivity contribution >= 4 is 21.9 Å². The van der Waals surface area contributed by atoms with Crippen LogP contribution in [0.3, 0.4) is 0 Å². The molecule has 0 aromatic carbocycles. The van der Waals surface area contributed by atoms with Gasteiger partial charge in [0.15, 0.2) is 0 Å². The third-order valence-corrected chi connectivity index (χ3v) is 2.07. The first kappa shape index (κ1) is 12.1. The summed E-state index contributed by atoms with van der Waals surface area (Å²) >= 11 is 3.11. The molecule has 0 N–H and O–H groups in total. The van der Waals surface area contributed by atoms with E-state index in [1.165, 1.54) is 6.20 Å². The maximum atomic E-state index is 12.8. The van der Waals surface area contributed by atoms with Crippen LogP contribution in [-0.4, -0.2) is 16.6 Å². The van der Waals surface area contributed by atoms with Gasteiger partial charge in [-0.3, -0.25) is 0 Å². The molecule has 15 heavy (non-hydrogen) atoms. The topological polar surface area (TPSA) is 39.2 Å². The average Bonchev–Trinajstić information content (AvgIpc) is 2.06. The third-order valence-electron chi connectivity index (χ3n) is 1.44. The van der Waals surface area contributed by atoms with Crippen molar-refractivity contribution in [1.29, 1.82) is 0 Å². The van der Waals surface area contributed by atoms with Gasteiger partial charge in [0.05, 0.1) is 10.0 Å². The molecule has 0 bridgehead atoms. The Hall–Kier alpha value is -0.970. The van der Waals surface area contributed by atoms with Crippen molar-refractivity contribution in [3.8, 4) is 0 Å². The highest BCUT2D eigenvalue weighted by atomic mass is 79.9. The van der Waals surface area contributed by atoms with Gasteiger partial charge >= 0.3 is 5.97 Å². The Kier molecular flexibility index (Phi) is 3.44. The van der Waals surface area contributed by atoms with Crippen LogP contribution in [0.25, 0.3) is 0 Å². The second-order valence-corrected chi connectivity index (χ2v) is 4.84. The number of rotatable bonds is 1. The van der Waals surface area contributed by atoms with Crippen molar-refractivity contribution in [2.45, 2.75) is 26.4 Å². The molecule has 0 atom stereocenters. The Morgan fingerprint density at radius 2 is 2.13 bits per heavy atom.